The van der Waals surface area contributed by atoms with Crippen LogP contribution >= 0.6 is 0 Å². The molecule has 1 aromatic rings. The lowest BCUT2D eigenvalue weighted by atomic mass is 10.0. The summed E-state index contributed by atoms with van der Waals surface area (Å²) in [5.74, 6) is 0.524. The van der Waals surface area contributed by atoms with Crippen molar-refractivity contribution in [1.29, 1.82) is 0 Å². The van der Waals surface area contributed by atoms with Gasteiger partial charge in [0.05, 0.1) is 4.90 Å². The number of aryl methyl sites for hydroxylation is 1. The molecule has 0 spiro atoms. The van der Waals surface area contributed by atoms with Crippen molar-refractivity contribution in [2.24, 2.45) is 5.92 Å². The summed E-state index contributed by atoms with van der Waals surface area (Å²) in [6.45, 7) is 7.17. The van der Waals surface area contributed by atoms with E-state index in [1.54, 1.807) is 12.1 Å². The van der Waals surface area contributed by atoms with Crippen molar-refractivity contribution >= 4 is 15.7 Å². The Bertz CT molecular complexity index is 584. The number of benzene rings is 1. The van der Waals surface area contributed by atoms with E-state index in [0.29, 0.717) is 10.8 Å². The molecule has 118 valence electrons. The van der Waals surface area contributed by atoms with E-state index >= 15 is 0 Å². The molecule has 0 bridgehead atoms. The zero-order valence-corrected chi connectivity index (χ0v) is 14.0. The summed E-state index contributed by atoms with van der Waals surface area (Å²) in [6, 6.07) is 5.33. The predicted octanol–water partition coefficient (Wildman–Crippen LogP) is 3.15. The SMILES string of the molecule is CCC(C)CC(C)NS(=O)(=O)c1ccc2c(c1)CCCN2. The molecule has 1 aliphatic heterocycles. The lowest BCUT2D eigenvalue weighted by Gasteiger charge is -2.20. The molecule has 0 amide bonds. The van der Waals surface area contributed by atoms with Crippen LogP contribution in [0.2, 0.25) is 0 Å². The first-order chi connectivity index (χ1) is 9.92. The Kier molecular flexibility index (Phi) is 5.27. The van der Waals surface area contributed by atoms with Gasteiger partial charge in [-0.15, -0.1) is 0 Å². The molecule has 0 fully saturated rings. The summed E-state index contributed by atoms with van der Waals surface area (Å²) in [5.41, 5.74) is 2.16. The van der Waals surface area contributed by atoms with Crippen LogP contribution in [0.4, 0.5) is 5.69 Å². The largest absolute Gasteiger partial charge is 0.385 e. The lowest BCUT2D eigenvalue weighted by molar-refractivity contribution is 0.445. The smallest absolute Gasteiger partial charge is 0.240 e. The maximum atomic E-state index is 12.5. The van der Waals surface area contributed by atoms with Crippen LogP contribution in [0, 0.1) is 5.92 Å². The van der Waals surface area contributed by atoms with E-state index in [1.807, 2.05) is 13.0 Å². The number of anilines is 1. The third kappa shape index (κ3) is 4.20. The van der Waals surface area contributed by atoms with Crippen LogP contribution in [0.3, 0.4) is 0 Å². The van der Waals surface area contributed by atoms with Gasteiger partial charge in [-0.25, -0.2) is 13.1 Å². The normalized spacial score (nSPS) is 17.7. The van der Waals surface area contributed by atoms with Crippen LogP contribution in [0.5, 0.6) is 0 Å². The molecule has 2 unspecified atom stereocenters. The number of fused-ring (bicyclic) bond motifs is 1. The highest BCUT2D eigenvalue weighted by atomic mass is 32.2. The highest BCUT2D eigenvalue weighted by Crippen LogP contribution is 2.25. The summed E-state index contributed by atoms with van der Waals surface area (Å²) in [6.07, 6.45) is 3.92. The summed E-state index contributed by atoms with van der Waals surface area (Å²) in [4.78, 5) is 0.376. The van der Waals surface area contributed by atoms with E-state index in [4.69, 9.17) is 0 Å². The van der Waals surface area contributed by atoms with Crippen LogP contribution < -0.4 is 10.0 Å². The van der Waals surface area contributed by atoms with Gasteiger partial charge in [-0.05, 0) is 55.9 Å². The predicted molar refractivity (Wildman–Crippen MR) is 87.1 cm³/mol. The van der Waals surface area contributed by atoms with Gasteiger partial charge in [0.2, 0.25) is 10.0 Å². The minimum absolute atomic E-state index is 0.0425. The molecular formula is C16H26N2O2S. The van der Waals surface area contributed by atoms with Crippen molar-refractivity contribution < 1.29 is 8.42 Å². The molecule has 0 radical (unpaired) electrons. The number of sulfonamides is 1. The van der Waals surface area contributed by atoms with E-state index < -0.39 is 10.0 Å². The molecule has 0 saturated heterocycles. The Labute approximate surface area is 128 Å². The van der Waals surface area contributed by atoms with Gasteiger partial charge in [0, 0.05) is 18.3 Å². The van der Waals surface area contributed by atoms with E-state index in [1.165, 1.54) is 0 Å². The van der Waals surface area contributed by atoms with Crippen molar-refractivity contribution in [2.75, 3.05) is 11.9 Å². The fourth-order valence-corrected chi connectivity index (χ4v) is 4.08. The Morgan fingerprint density at radius 1 is 1.33 bits per heavy atom. The maximum Gasteiger partial charge on any atom is 0.240 e. The third-order valence-corrected chi connectivity index (χ3v) is 5.72. The highest BCUT2D eigenvalue weighted by molar-refractivity contribution is 7.89. The summed E-state index contributed by atoms with van der Waals surface area (Å²) in [5, 5.41) is 3.30. The van der Waals surface area contributed by atoms with E-state index in [-0.39, 0.29) is 6.04 Å². The fourth-order valence-electron chi connectivity index (χ4n) is 2.77. The number of rotatable bonds is 6. The minimum atomic E-state index is -3.42. The van der Waals surface area contributed by atoms with Crippen molar-refractivity contribution in [3.63, 3.8) is 0 Å². The van der Waals surface area contributed by atoms with Crippen molar-refractivity contribution in [3.8, 4) is 0 Å². The molecule has 1 aromatic carbocycles. The second kappa shape index (κ2) is 6.79. The van der Waals surface area contributed by atoms with Crippen LogP contribution in [0.1, 0.15) is 45.6 Å². The first-order valence-corrected chi connectivity index (χ1v) is 9.30. The van der Waals surface area contributed by atoms with Crippen LogP contribution in [-0.2, 0) is 16.4 Å². The minimum Gasteiger partial charge on any atom is -0.385 e. The lowest BCUT2D eigenvalue weighted by Crippen LogP contribution is -2.33. The average Bonchev–Trinajstić information content (AvgIpc) is 2.45. The Balaban J connectivity index is 2.12. The van der Waals surface area contributed by atoms with Gasteiger partial charge in [0.15, 0.2) is 0 Å². The van der Waals surface area contributed by atoms with Crippen LogP contribution in [0.25, 0.3) is 0 Å². The van der Waals surface area contributed by atoms with Crippen LogP contribution in [-0.4, -0.2) is 21.0 Å². The monoisotopic (exact) mass is 310 g/mol. The van der Waals surface area contributed by atoms with E-state index in [9.17, 15) is 8.42 Å². The zero-order valence-electron chi connectivity index (χ0n) is 13.1. The molecule has 2 atom stereocenters. The molecule has 1 heterocycles. The first-order valence-electron chi connectivity index (χ1n) is 7.81. The average molecular weight is 310 g/mol. The molecule has 0 aromatic heterocycles. The second-order valence-electron chi connectivity index (χ2n) is 6.12. The quantitative estimate of drug-likeness (QED) is 0.848. The Morgan fingerprint density at radius 2 is 2.10 bits per heavy atom. The first kappa shape index (κ1) is 16.3. The number of hydrogen-bond acceptors (Lipinski definition) is 3. The topological polar surface area (TPSA) is 58.2 Å². The van der Waals surface area contributed by atoms with Gasteiger partial charge in [0.1, 0.15) is 0 Å². The number of nitrogens with one attached hydrogen (secondary N) is 2. The van der Waals surface area contributed by atoms with Gasteiger partial charge in [-0.2, -0.15) is 0 Å². The second-order valence-corrected chi connectivity index (χ2v) is 7.83. The van der Waals surface area contributed by atoms with Crippen molar-refractivity contribution in [2.45, 2.75) is 57.4 Å². The molecule has 4 nitrogen and oxygen atoms in total. The summed E-state index contributed by atoms with van der Waals surface area (Å²) in [7, 11) is -3.42. The molecule has 5 heteroatoms. The molecule has 2 rings (SSSR count). The third-order valence-electron chi connectivity index (χ3n) is 4.13. The van der Waals surface area contributed by atoms with E-state index in [0.717, 1.165) is 43.5 Å². The molecule has 0 aliphatic carbocycles. The van der Waals surface area contributed by atoms with Crippen LogP contribution in [0.15, 0.2) is 23.1 Å². The fraction of sp³-hybridized carbons (Fsp3) is 0.625. The van der Waals surface area contributed by atoms with Crippen molar-refractivity contribution in [1.82, 2.24) is 4.72 Å². The van der Waals surface area contributed by atoms with Gasteiger partial charge in [0.25, 0.3) is 0 Å². The molecular weight excluding hydrogens is 284 g/mol. The van der Waals surface area contributed by atoms with Gasteiger partial charge >= 0.3 is 0 Å². The summed E-state index contributed by atoms with van der Waals surface area (Å²) < 4.78 is 27.7. The Morgan fingerprint density at radius 3 is 2.81 bits per heavy atom. The van der Waals surface area contributed by atoms with Gasteiger partial charge in [-0.1, -0.05) is 20.3 Å². The zero-order chi connectivity index (χ0) is 15.5. The molecule has 2 N–H and O–H groups in total. The standard InChI is InChI=1S/C16H26N2O2S/c1-4-12(2)10-13(3)18-21(19,20)15-7-8-16-14(11-15)6-5-9-17-16/h7-8,11-13,17-18H,4-6,9-10H2,1-3H3. The van der Waals surface area contributed by atoms with Gasteiger partial charge in [-0.3, -0.25) is 0 Å². The van der Waals surface area contributed by atoms with Crippen molar-refractivity contribution in [3.05, 3.63) is 23.8 Å². The van der Waals surface area contributed by atoms with E-state index in [2.05, 4.69) is 23.9 Å². The summed E-state index contributed by atoms with van der Waals surface area (Å²) >= 11 is 0. The molecule has 21 heavy (non-hydrogen) atoms. The number of hydrogen-bond donors (Lipinski definition) is 2. The maximum absolute atomic E-state index is 12.5. The molecule has 1 aliphatic rings. The molecule has 0 saturated carbocycles. The highest BCUT2D eigenvalue weighted by Gasteiger charge is 2.20. The van der Waals surface area contributed by atoms with Gasteiger partial charge < -0.3 is 5.32 Å². The Hall–Kier alpha value is -1.07.